The summed E-state index contributed by atoms with van der Waals surface area (Å²) < 4.78 is 0. The Morgan fingerprint density at radius 2 is 1.81 bits per heavy atom. The van der Waals surface area contributed by atoms with Gasteiger partial charge in [-0.1, -0.05) is 31.4 Å². The maximum atomic E-state index is 10.2. The first kappa shape index (κ1) is 11.2. The van der Waals surface area contributed by atoms with Gasteiger partial charge in [0.2, 0.25) is 0 Å². The van der Waals surface area contributed by atoms with E-state index in [1.54, 1.807) is 0 Å². The average molecular weight is 217 g/mol. The molecule has 2 heteroatoms. The fraction of sp³-hybridized carbons (Fsp3) is 0.500. The van der Waals surface area contributed by atoms with E-state index in [4.69, 9.17) is 0 Å². The van der Waals surface area contributed by atoms with Crippen LogP contribution in [-0.4, -0.2) is 12.8 Å². The van der Waals surface area contributed by atoms with Gasteiger partial charge in [0.1, 0.15) is 6.29 Å². The van der Waals surface area contributed by atoms with Crippen molar-refractivity contribution in [1.82, 2.24) is 0 Å². The molecule has 0 saturated heterocycles. The molecule has 2 rings (SSSR count). The minimum Gasteiger partial charge on any atom is -0.378 e. The minimum atomic E-state index is 0.392. The molecule has 0 aliphatic heterocycles. The van der Waals surface area contributed by atoms with Crippen LogP contribution in [0.5, 0.6) is 0 Å². The van der Waals surface area contributed by atoms with Crippen molar-refractivity contribution in [2.24, 2.45) is 0 Å². The quantitative estimate of drug-likeness (QED) is 0.784. The van der Waals surface area contributed by atoms with Crippen molar-refractivity contribution in [3.8, 4) is 0 Å². The second kappa shape index (κ2) is 5.69. The molecule has 0 spiro atoms. The molecule has 1 aliphatic rings. The molecule has 0 bridgehead atoms. The molecule has 1 fully saturated rings. The van der Waals surface area contributed by atoms with Crippen molar-refractivity contribution in [2.75, 3.05) is 11.9 Å². The van der Waals surface area contributed by atoms with E-state index in [0.29, 0.717) is 6.54 Å². The molecule has 0 atom stereocenters. The van der Waals surface area contributed by atoms with Crippen LogP contribution in [0.4, 0.5) is 5.69 Å². The van der Waals surface area contributed by atoms with Gasteiger partial charge in [0.15, 0.2) is 0 Å². The van der Waals surface area contributed by atoms with Crippen LogP contribution in [0.2, 0.25) is 0 Å². The van der Waals surface area contributed by atoms with Gasteiger partial charge in [-0.3, -0.25) is 0 Å². The highest BCUT2D eigenvalue weighted by Gasteiger charge is 2.14. The zero-order valence-electron chi connectivity index (χ0n) is 9.61. The van der Waals surface area contributed by atoms with E-state index >= 15 is 0 Å². The molecule has 1 N–H and O–H groups in total. The van der Waals surface area contributed by atoms with Gasteiger partial charge in [0, 0.05) is 5.69 Å². The van der Waals surface area contributed by atoms with Crippen LogP contribution < -0.4 is 5.32 Å². The summed E-state index contributed by atoms with van der Waals surface area (Å²) in [5.74, 6) is 0.758. The molecule has 0 aromatic heterocycles. The lowest BCUT2D eigenvalue weighted by atomic mass is 9.84. The Morgan fingerprint density at radius 3 is 2.44 bits per heavy atom. The van der Waals surface area contributed by atoms with Gasteiger partial charge in [-0.05, 0) is 36.5 Å². The van der Waals surface area contributed by atoms with E-state index in [-0.39, 0.29) is 0 Å². The molecule has 0 heterocycles. The fourth-order valence-corrected chi connectivity index (χ4v) is 2.47. The molecule has 1 aliphatic carbocycles. The monoisotopic (exact) mass is 217 g/mol. The molecular weight excluding hydrogens is 198 g/mol. The number of carbonyl (C=O) groups is 1. The first-order chi connectivity index (χ1) is 7.90. The van der Waals surface area contributed by atoms with E-state index in [1.165, 1.54) is 37.7 Å². The van der Waals surface area contributed by atoms with E-state index < -0.39 is 0 Å². The average Bonchev–Trinajstić information content (AvgIpc) is 2.38. The SMILES string of the molecule is O=CCNc1ccc(C2CCCCC2)cc1. The zero-order valence-corrected chi connectivity index (χ0v) is 9.61. The van der Waals surface area contributed by atoms with Crippen molar-refractivity contribution >= 4 is 12.0 Å². The normalized spacial score (nSPS) is 17.0. The molecule has 1 aromatic carbocycles. The van der Waals surface area contributed by atoms with E-state index in [9.17, 15) is 4.79 Å². The first-order valence-electron chi connectivity index (χ1n) is 6.17. The Hall–Kier alpha value is -1.31. The molecule has 0 radical (unpaired) electrons. The summed E-state index contributed by atoms with van der Waals surface area (Å²) in [6.45, 7) is 0.392. The summed E-state index contributed by atoms with van der Waals surface area (Å²) in [5, 5.41) is 3.06. The molecule has 0 unspecified atom stereocenters. The maximum Gasteiger partial charge on any atom is 0.139 e. The van der Waals surface area contributed by atoms with Crippen molar-refractivity contribution in [3.05, 3.63) is 29.8 Å². The van der Waals surface area contributed by atoms with E-state index in [0.717, 1.165) is 17.9 Å². The van der Waals surface area contributed by atoms with Gasteiger partial charge in [-0.2, -0.15) is 0 Å². The lowest BCUT2D eigenvalue weighted by Gasteiger charge is -2.22. The first-order valence-corrected chi connectivity index (χ1v) is 6.17. The second-order valence-electron chi connectivity index (χ2n) is 4.50. The summed E-state index contributed by atoms with van der Waals surface area (Å²) in [5.41, 5.74) is 2.49. The fourth-order valence-electron chi connectivity index (χ4n) is 2.47. The van der Waals surface area contributed by atoms with Crippen molar-refractivity contribution in [3.63, 3.8) is 0 Å². The lowest BCUT2D eigenvalue weighted by Crippen LogP contribution is -2.05. The summed E-state index contributed by atoms with van der Waals surface area (Å²) in [7, 11) is 0. The Kier molecular flexibility index (Phi) is 3.97. The van der Waals surface area contributed by atoms with Gasteiger partial charge in [-0.25, -0.2) is 0 Å². The van der Waals surface area contributed by atoms with Gasteiger partial charge < -0.3 is 10.1 Å². The molecular formula is C14H19NO. The van der Waals surface area contributed by atoms with E-state index in [1.807, 2.05) is 0 Å². The van der Waals surface area contributed by atoms with Crippen LogP contribution in [0.3, 0.4) is 0 Å². The van der Waals surface area contributed by atoms with Crippen molar-refractivity contribution in [2.45, 2.75) is 38.0 Å². The highest BCUT2D eigenvalue weighted by molar-refractivity contribution is 5.59. The third kappa shape index (κ3) is 2.84. The van der Waals surface area contributed by atoms with Crippen molar-refractivity contribution in [1.29, 1.82) is 0 Å². The standard InChI is InChI=1S/C14H19NO/c16-11-10-15-14-8-6-13(7-9-14)12-4-2-1-3-5-12/h6-9,11-12,15H,1-5,10H2. The minimum absolute atomic E-state index is 0.392. The Morgan fingerprint density at radius 1 is 1.12 bits per heavy atom. The van der Waals surface area contributed by atoms with Crippen LogP contribution in [0.1, 0.15) is 43.6 Å². The predicted octanol–water partition coefficient (Wildman–Crippen LogP) is 3.35. The molecule has 16 heavy (non-hydrogen) atoms. The number of nitrogens with one attached hydrogen (secondary N) is 1. The Bertz CT molecular complexity index is 325. The number of benzene rings is 1. The molecule has 1 saturated carbocycles. The lowest BCUT2D eigenvalue weighted by molar-refractivity contribution is -0.106. The molecule has 1 aromatic rings. The maximum absolute atomic E-state index is 10.2. The molecule has 86 valence electrons. The number of hydrogen-bond acceptors (Lipinski definition) is 2. The highest BCUT2D eigenvalue weighted by atomic mass is 16.1. The van der Waals surface area contributed by atoms with Gasteiger partial charge in [-0.15, -0.1) is 0 Å². The number of rotatable bonds is 4. The van der Waals surface area contributed by atoms with Crippen LogP contribution in [0.15, 0.2) is 24.3 Å². The summed E-state index contributed by atoms with van der Waals surface area (Å²) >= 11 is 0. The molecule has 0 amide bonds. The van der Waals surface area contributed by atoms with Gasteiger partial charge >= 0.3 is 0 Å². The van der Waals surface area contributed by atoms with Crippen LogP contribution in [0, 0.1) is 0 Å². The number of hydrogen-bond donors (Lipinski definition) is 1. The zero-order chi connectivity index (χ0) is 11.2. The van der Waals surface area contributed by atoms with Crippen LogP contribution in [0.25, 0.3) is 0 Å². The number of anilines is 1. The smallest absolute Gasteiger partial charge is 0.139 e. The Labute approximate surface area is 97.1 Å². The number of aldehydes is 1. The number of carbonyl (C=O) groups excluding carboxylic acids is 1. The summed E-state index contributed by atoms with van der Waals surface area (Å²) in [6, 6.07) is 8.55. The second-order valence-corrected chi connectivity index (χ2v) is 4.50. The van der Waals surface area contributed by atoms with E-state index in [2.05, 4.69) is 29.6 Å². The van der Waals surface area contributed by atoms with Crippen LogP contribution >= 0.6 is 0 Å². The van der Waals surface area contributed by atoms with Gasteiger partial charge in [0.25, 0.3) is 0 Å². The predicted molar refractivity (Wildman–Crippen MR) is 66.8 cm³/mol. The largest absolute Gasteiger partial charge is 0.378 e. The third-order valence-corrected chi connectivity index (χ3v) is 3.38. The third-order valence-electron chi connectivity index (χ3n) is 3.38. The topological polar surface area (TPSA) is 29.1 Å². The van der Waals surface area contributed by atoms with Crippen molar-refractivity contribution < 1.29 is 4.79 Å². The highest BCUT2D eigenvalue weighted by Crippen LogP contribution is 2.32. The summed E-state index contributed by atoms with van der Waals surface area (Å²) in [6.07, 6.45) is 7.69. The van der Waals surface area contributed by atoms with Crippen LogP contribution in [-0.2, 0) is 4.79 Å². The van der Waals surface area contributed by atoms with Gasteiger partial charge in [0.05, 0.1) is 6.54 Å². The molecule has 2 nitrogen and oxygen atoms in total. The summed E-state index contributed by atoms with van der Waals surface area (Å²) in [4.78, 5) is 10.2. The Balaban J connectivity index is 1.97.